The summed E-state index contributed by atoms with van der Waals surface area (Å²) in [7, 11) is -3.78. The Morgan fingerprint density at radius 3 is 2.88 bits per heavy atom. The summed E-state index contributed by atoms with van der Waals surface area (Å²) in [6, 6.07) is 13.5. The molecule has 4 aromatic rings. The number of aromatic nitrogens is 2. The third kappa shape index (κ3) is 4.29. The first-order chi connectivity index (χ1) is 15.8. The highest BCUT2D eigenvalue weighted by Gasteiger charge is 2.33. The molecule has 1 fully saturated rings. The van der Waals surface area contributed by atoms with Crippen LogP contribution in [0.4, 0.5) is 5.13 Å². The smallest absolute Gasteiger partial charge is 0.248 e. The molecule has 0 aliphatic carbocycles. The van der Waals surface area contributed by atoms with Crippen molar-refractivity contribution in [3.05, 3.63) is 64.4 Å². The first-order valence-corrected chi connectivity index (χ1v) is 12.9. The maximum atomic E-state index is 13.3. The van der Waals surface area contributed by atoms with E-state index in [0.29, 0.717) is 35.4 Å². The number of carbonyl (C=O) groups is 1. The van der Waals surface area contributed by atoms with Crippen LogP contribution in [0.3, 0.4) is 0 Å². The fourth-order valence-electron chi connectivity index (χ4n) is 4.11. The topological polar surface area (TPSA) is 112 Å². The molecule has 0 saturated carbocycles. The van der Waals surface area contributed by atoms with Crippen molar-refractivity contribution < 1.29 is 13.2 Å². The van der Waals surface area contributed by atoms with Gasteiger partial charge in [0.1, 0.15) is 0 Å². The number of piperidine rings is 1. The second kappa shape index (κ2) is 8.36. The molecular formula is C23H22N4O4S2. The van der Waals surface area contributed by atoms with E-state index >= 15 is 0 Å². The van der Waals surface area contributed by atoms with Gasteiger partial charge in [-0.25, -0.2) is 13.4 Å². The zero-order valence-electron chi connectivity index (χ0n) is 17.9. The number of pyridine rings is 1. The van der Waals surface area contributed by atoms with Crippen molar-refractivity contribution in [3.8, 4) is 0 Å². The molecule has 2 aromatic heterocycles. The first kappa shape index (κ1) is 21.7. The molecule has 10 heteroatoms. The Labute approximate surface area is 194 Å². The van der Waals surface area contributed by atoms with E-state index in [4.69, 9.17) is 0 Å². The van der Waals surface area contributed by atoms with E-state index in [1.54, 1.807) is 18.2 Å². The number of aromatic amines is 1. The number of thiazole rings is 1. The van der Waals surface area contributed by atoms with Crippen LogP contribution in [-0.4, -0.2) is 41.7 Å². The predicted molar refractivity (Wildman–Crippen MR) is 129 cm³/mol. The molecule has 1 saturated heterocycles. The van der Waals surface area contributed by atoms with Crippen molar-refractivity contribution in [2.24, 2.45) is 5.92 Å². The third-order valence-corrected chi connectivity index (χ3v) is 8.66. The van der Waals surface area contributed by atoms with E-state index in [1.807, 2.05) is 25.1 Å². The Morgan fingerprint density at radius 1 is 1.18 bits per heavy atom. The second-order valence-electron chi connectivity index (χ2n) is 8.25. The number of rotatable bonds is 4. The van der Waals surface area contributed by atoms with Crippen LogP contribution in [0, 0.1) is 12.8 Å². The zero-order valence-corrected chi connectivity index (χ0v) is 19.5. The number of H-pyrrole nitrogens is 1. The SMILES string of the molecule is Cc1ccc2nc(NC(=O)C3CCCN(S(=O)(=O)c4ccc5[nH]c(=O)ccc5c4)C3)sc2c1. The summed E-state index contributed by atoms with van der Waals surface area (Å²) in [6.45, 7) is 2.47. The lowest BCUT2D eigenvalue weighted by molar-refractivity contribution is -0.120. The summed E-state index contributed by atoms with van der Waals surface area (Å²) >= 11 is 1.41. The fourth-order valence-corrected chi connectivity index (χ4v) is 6.64. The number of anilines is 1. The Morgan fingerprint density at radius 2 is 2.03 bits per heavy atom. The van der Waals surface area contributed by atoms with Crippen molar-refractivity contribution in [3.63, 3.8) is 0 Å². The molecule has 2 N–H and O–H groups in total. The number of hydrogen-bond acceptors (Lipinski definition) is 6. The molecule has 0 spiro atoms. The molecule has 1 aliphatic heterocycles. The Hall–Kier alpha value is -3.08. The molecule has 1 amide bonds. The second-order valence-corrected chi connectivity index (χ2v) is 11.2. The van der Waals surface area contributed by atoms with E-state index in [2.05, 4.69) is 15.3 Å². The van der Waals surface area contributed by atoms with Crippen molar-refractivity contribution in [2.45, 2.75) is 24.7 Å². The lowest BCUT2D eigenvalue weighted by Crippen LogP contribution is -2.43. The third-order valence-electron chi connectivity index (χ3n) is 5.86. The van der Waals surface area contributed by atoms with Crippen molar-refractivity contribution in [1.82, 2.24) is 14.3 Å². The maximum absolute atomic E-state index is 13.3. The predicted octanol–water partition coefficient (Wildman–Crippen LogP) is 3.49. The largest absolute Gasteiger partial charge is 0.322 e. The van der Waals surface area contributed by atoms with Crippen LogP contribution < -0.4 is 10.9 Å². The molecule has 1 unspecified atom stereocenters. The number of aryl methyl sites for hydroxylation is 1. The van der Waals surface area contributed by atoms with Crippen molar-refractivity contribution in [1.29, 1.82) is 0 Å². The minimum absolute atomic E-state index is 0.113. The number of amides is 1. The Kier molecular flexibility index (Phi) is 5.51. The van der Waals surface area contributed by atoms with E-state index in [-0.39, 0.29) is 22.9 Å². The van der Waals surface area contributed by atoms with Crippen molar-refractivity contribution >= 4 is 53.5 Å². The summed E-state index contributed by atoms with van der Waals surface area (Å²) in [4.78, 5) is 31.7. The number of nitrogens with one attached hydrogen (secondary N) is 2. The van der Waals surface area contributed by atoms with Gasteiger partial charge >= 0.3 is 0 Å². The van der Waals surface area contributed by atoms with Crippen molar-refractivity contribution in [2.75, 3.05) is 18.4 Å². The van der Waals surface area contributed by atoms with Gasteiger partial charge in [-0.2, -0.15) is 4.31 Å². The number of fused-ring (bicyclic) bond motifs is 2. The van der Waals surface area contributed by atoms with Crippen LogP contribution in [0.1, 0.15) is 18.4 Å². The number of nitrogens with zero attached hydrogens (tertiary/aromatic N) is 2. The molecule has 1 aliphatic rings. The molecule has 0 bridgehead atoms. The Bertz CT molecular complexity index is 1540. The minimum Gasteiger partial charge on any atom is -0.322 e. The highest BCUT2D eigenvalue weighted by molar-refractivity contribution is 7.89. The fraction of sp³-hybridized carbons (Fsp3) is 0.261. The normalized spacial score (nSPS) is 17.4. The van der Waals surface area contributed by atoms with Gasteiger partial charge in [0, 0.05) is 24.7 Å². The molecular weight excluding hydrogens is 460 g/mol. The summed E-state index contributed by atoms with van der Waals surface area (Å²) in [5.74, 6) is -0.680. The average molecular weight is 483 g/mol. The summed E-state index contributed by atoms with van der Waals surface area (Å²) < 4.78 is 28.9. The quantitative estimate of drug-likeness (QED) is 0.462. The summed E-state index contributed by atoms with van der Waals surface area (Å²) in [5, 5.41) is 4.03. The van der Waals surface area contributed by atoms with Crippen LogP contribution >= 0.6 is 11.3 Å². The van der Waals surface area contributed by atoms with E-state index in [0.717, 1.165) is 15.8 Å². The van der Waals surface area contributed by atoms with E-state index in [9.17, 15) is 18.0 Å². The van der Waals surface area contributed by atoms with Gasteiger partial charge in [0.15, 0.2) is 5.13 Å². The highest BCUT2D eigenvalue weighted by Crippen LogP contribution is 2.29. The molecule has 1 atom stereocenters. The van der Waals surface area contributed by atoms with Crippen LogP contribution in [-0.2, 0) is 14.8 Å². The molecule has 0 radical (unpaired) electrons. The van der Waals surface area contributed by atoms with Gasteiger partial charge in [-0.15, -0.1) is 0 Å². The summed E-state index contributed by atoms with van der Waals surface area (Å²) in [5.41, 5.74) is 2.28. The number of sulfonamides is 1. The number of benzene rings is 2. The van der Waals surface area contributed by atoms with Crippen LogP contribution in [0.15, 0.2) is 58.2 Å². The van der Waals surface area contributed by atoms with Gasteiger partial charge in [0.25, 0.3) is 0 Å². The van der Waals surface area contributed by atoms with Crippen LogP contribution in [0.5, 0.6) is 0 Å². The van der Waals surface area contributed by atoms with Crippen LogP contribution in [0.25, 0.3) is 21.1 Å². The van der Waals surface area contributed by atoms with Gasteiger partial charge in [-0.1, -0.05) is 17.4 Å². The van der Waals surface area contributed by atoms with E-state index < -0.39 is 15.9 Å². The molecule has 5 rings (SSSR count). The number of carbonyl (C=O) groups excluding carboxylic acids is 1. The van der Waals surface area contributed by atoms with Gasteiger partial charge in [0.05, 0.1) is 21.0 Å². The van der Waals surface area contributed by atoms with Gasteiger partial charge in [-0.05, 0) is 67.1 Å². The average Bonchev–Trinajstić information content (AvgIpc) is 3.20. The molecule has 3 heterocycles. The van der Waals surface area contributed by atoms with Gasteiger partial charge < -0.3 is 10.3 Å². The van der Waals surface area contributed by atoms with Gasteiger partial charge in [0.2, 0.25) is 21.5 Å². The molecule has 33 heavy (non-hydrogen) atoms. The Balaban J connectivity index is 1.34. The first-order valence-electron chi connectivity index (χ1n) is 10.6. The zero-order chi connectivity index (χ0) is 23.2. The van der Waals surface area contributed by atoms with E-state index in [1.165, 1.54) is 27.8 Å². The minimum atomic E-state index is -3.78. The lowest BCUT2D eigenvalue weighted by Gasteiger charge is -2.31. The maximum Gasteiger partial charge on any atom is 0.248 e. The highest BCUT2D eigenvalue weighted by atomic mass is 32.2. The summed E-state index contributed by atoms with van der Waals surface area (Å²) in [6.07, 6.45) is 1.21. The molecule has 8 nitrogen and oxygen atoms in total. The van der Waals surface area contributed by atoms with Gasteiger partial charge in [-0.3, -0.25) is 9.59 Å². The molecule has 170 valence electrons. The standard InChI is InChI=1S/C23H22N4O4S2/c1-14-4-7-19-20(11-14)32-23(25-19)26-22(29)16-3-2-10-27(13-16)33(30,31)17-6-8-18-15(12-17)5-9-21(28)24-18/h4-9,11-12,16H,2-3,10,13H2,1H3,(H,24,28)(H,25,26,29). The number of hydrogen-bond donors (Lipinski definition) is 2. The van der Waals surface area contributed by atoms with Crippen LogP contribution in [0.2, 0.25) is 0 Å². The monoisotopic (exact) mass is 482 g/mol. The molecule has 2 aromatic carbocycles. The lowest BCUT2D eigenvalue weighted by atomic mass is 9.99.